The molecule has 1 unspecified atom stereocenters. The van der Waals surface area contributed by atoms with E-state index in [0.717, 1.165) is 32.6 Å². The van der Waals surface area contributed by atoms with Crippen molar-refractivity contribution in [1.82, 2.24) is 15.1 Å². The number of carbonyl (C=O) groups excluding carboxylic acids is 1. The van der Waals surface area contributed by atoms with Gasteiger partial charge in [0, 0.05) is 38.3 Å². The molecular formula is C13H25N3O2. The van der Waals surface area contributed by atoms with Gasteiger partial charge >= 0.3 is 0 Å². The van der Waals surface area contributed by atoms with Crippen molar-refractivity contribution >= 4 is 5.91 Å². The Hall–Kier alpha value is -0.650. The molecule has 0 radical (unpaired) electrons. The largest absolute Gasteiger partial charge is 0.395 e. The summed E-state index contributed by atoms with van der Waals surface area (Å²) in [7, 11) is 0. The van der Waals surface area contributed by atoms with Crippen molar-refractivity contribution in [2.45, 2.75) is 38.3 Å². The van der Waals surface area contributed by atoms with Crippen LogP contribution < -0.4 is 5.32 Å². The topological polar surface area (TPSA) is 55.8 Å². The predicted molar refractivity (Wildman–Crippen MR) is 70.3 cm³/mol. The quantitative estimate of drug-likeness (QED) is 0.681. The zero-order valence-corrected chi connectivity index (χ0v) is 11.3. The fourth-order valence-electron chi connectivity index (χ4n) is 2.47. The summed E-state index contributed by atoms with van der Waals surface area (Å²) in [5, 5.41) is 12.5. The van der Waals surface area contributed by atoms with E-state index < -0.39 is 0 Å². The molecule has 5 heteroatoms. The summed E-state index contributed by atoms with van der Waals surface area (Å²) in [4.78, 5) is 16.2. The third kappa shape index (κ3) is 3.67. The number of aliphatic hydroxyl groups is 1. The van der Waals surface area contributed by atoms with E-state index in [1.165, 1.54) is 12.8 Å². The van der Waals surface area contributed by atoms with Gasteiger partial charge in [-0.1, -0.05) is 6.92 Å². The molecule has 5 nitrogen and oxygen atoms in total. The van der Waals surface area contributed by atoms with Crippen LogP contribution in [0.15, 0.2) is 0 Å². The number of hydrogen-bond acceptors (Lipinski definition) is 4. The van der Waals surface area contributed by atoms with Crippen LogP contribution in [0.1, 0.15) is 26.2 Å². The Balaban J connectivity index is 1.69. The number of rotatable bonds is 6. The molecule has 2 N–H and O–H groups in total. The van der Waals surface area contributed by atoms with Crippen molar-refractivity contribution in [3.8, 4) is 0 Å². The number of nitrogens with zero attached hydrogens (tertiary/aromatic N) is 2. The second kappa shape index (κ2) is 6.50. The highest BCUT2D eigenvalue weighted by atomic mass is 16.3. The van der Waals surface area contributed by atoms with Crippen LogP contribution in [0.4, 0.5) is 0 Å². The van der Waals surface area contributed by atoms with Gasteiger partial charge in [-0.2, -0.15) is 0 Å². The Morgan fingerprint density at radius 2 is 2.00 bits per heavy atom. The van der Waals surface area contributed by atoms with Gasteiger partial charge in [0.25, 0.3) is 0 Å². The first kappa shape index (κ1) is 13.8. The smallest absolute Gasteiger partial charge is 0.236 e. The Bertz CT molecular complexity index is 269. The fourth-order valence-corrected chi connectivity index (χ4v) is 2.47. The Morgan fingerprint density at radius 1 is 1.33 bits per heavy atom. The Morgan fingerprint density at radius 3 is 2.50 bits per heavy atom. The highest BCUT2D eigenvalue weighted by Gasteiger charge is 2.26. The van der Waals surface area contributed by atoms with E-state index in [9.17, 15) is 9.90 Å². The number of aliphatic hydroxyl groups excluding tert-OH is 1. The van der Waals surface area contributed by atoms with Gasteiger partial charge < -0.3 is 15.3 Å². The second-order valence-electron chi connectivity index (χ2n) is 5.32. The van der Waals surface area contributed by atoms with Crippen LogP contribution in [0, 0.1) is 0 Å². The first-order valence-corrected chi connectivity index (χ1v) is 7.10. The van der Waals surface area contributed by atoms with Crippen LogP contribution in [-0.4, -0.2) is 72.2 Å². The third-order valence-corrected chi connectivity index (χ3v) is 3.98. The van der Waals surface area contributed by atoms with E-state index in [-0.39, 0.29) is 18.6 Å². The molecule has 104 valence electrons. The van der Waals surface area contributed by atoms with Crippen molar-refractivity contribution < 1.29 is 9.90 Å². The predicted octanol–water partition coefficient (Wildman–Crippen LogP) is -0.346. The molecule has 0 bridgehead atoms. The molecule has 1 saturated carbocycles. The van der Waals surface area contributed by atoms with E-state index in [1.807, 2.05) is 4.90 Å². The van der Waals surface area contributed by atoms with Crippen molar-refractivity contribution in [2.24, 2.45) is 0 Å². The lowest BCUT2D eigenvalue weighted by molar-refractivity contribution is -0.132. The van der Waals surface area contributed by atoms with Crippen LogP contribution in [0.5, 0.6) is 0 Å². The molecule has 0 aromatic rings. The standard InChI is InChI=1S/C13H25N3O2/c1-2-12(10-17)15-5-7-16(8-6-15)13(18)9-14-11-3-4-11/h11-12,14,17H,2-10H2,1H3. The van der Waals surface area contributed by atoms with Gasteiger partial charge in [0.15, 0.2) is 0 Å². The van der Waals surface area contributed by atoms with Crippen molar-refractivity contribution in [3.05, 3.63) is 0 Å². The van der Waals surface area contributed by atoms with Crippen LogP contribution in [0.3, 0.4) is 0 Å². The Kier molecular flexibility index (Phi) is 4.97. The maximum atomic E-state index is 11.9. The summed E-state index contributed by atoms with van der Waals surface area (Å²) in [5.74, 6) is 0.221. The van der Waals surface area contributed by atoms with Crippen LogP contribution in [0.25, 0.3) is 0 Å². The van der Waals surface area contributed by atoms with Gasteiger partial charge in [0.05, 0.1) is 13.2 Å². The van der Waals surface area contributed by atoms with E-state index in [2.05, 4.69) is 17.1 Å². The first-order chi connectivity index (χ1) is 8.74. The number of piperazine rings is 1. The second-order valence-corrected chi connectivity index (χ2v) is 5.32. The molecule has 0 spiro atoms. The molecule has 1 aliphatic heterocycles. The maximum absolute atomic E-state index is 11.9. The lowest BCUT2D eigenvalue weighted by Gasteiger charge is -2.38. The number of amides is 1. The Labute approximate surface area is 109 Å². The summed E-state index contributed by atoms with van der Waals surface area (Å²) in [6.07, 6.45) is 3.40. The van der Waals surface area contributed by atoms with Gasteiger partial charge in [-0.3, -0.25) is 9.69 Å². The minimum Gasteiger partial charge on any atom is -0.395 e. The van der Waals surface area contributed by atoms with Gasteiger partial charge in [-0.15, -0.1) is 0 Å². The van der Waals surface area contributed by atoms with Gasteiger partial charge in [0.1, 0.15) is 0 Å². The van der Waals surface area contributed by atoms with Gasteiger partial charge in [0.2, 0.25) is 5.91 Å². The van der Waals surface area contributed by atoms with Crippen molar-refractivity contribution in [2.75, 3.05) is 39.3 Å². The van der Waals surface area contributed by atoms with E-state index >= 15 is 0 Å². The first-order valence-electron chi connectivity index (χ1n) is 7.10. The van der Waals surface area contributed by atoms with Crippen molar-refractivity contribution in [1.29, 1.82) is 0 Å². The van der Waals surface area contributed by atoms with Crippen molar-refractivity contribution in [3.63, 3.8) is 0 Å². The van der Waals surface area contributed by atoms with Crippen LogP contribution in [0.2, 0.25) is 0 Å². The summed E-state index contributed by atoms with van der Waals surface area (Å²) >= 11 is 0. The average Bonchev–Trinajstić information content (AvgIpc) is 3.22. The zero-order chi connectivity index (χ0) is 13.0. The lowest BCUT2D eigenvalue weighted by atomic mass is 10.1. The van der Waals surface area contributed by atoms with Gasteiger partial charge in [-0.05, 0) is 19.3 Å². The van der Waals surface area contributed by atoms with E-state index in [1.54, 1.807) is 0 Å². The summed E-state index contributed by atoms with van der Waals surface area (Å²) in [5.41, 5.74) is 0. The molecule has 1 aliphatic carbocycles. The van der Waals surface area contributed by atoms with Crippen LogP contribution >= 0.6 is 0 Å². The molecular weight excluding hydrogens is 230 g/mol. The molecule has 1 amide bonds. The minimum atomic E-state index is 0.216. The number of carbonyl (C=O) groups is 1. The van der Waals surface area contributed by atoms with Crippen LogP contribution in [-0.2, 0) is 4.79 Å². The summed E-state index contributed by atoms with van der Waals surface area (Å²) in [6, 6.07) is 0.848. The third-order valence-electron chi connectivity index (χ3n) is 3.98. The molecule has 0 aromatic carbocycles. The number of nitrogens with one attached hydrogen (secondary N) is 1. The summed E-state index contributed by atoms with van der Waals surface area (Å²) < 4.78 is 0. The molecule has 2 rings (SSSR count). The molecule has 0 aromatic heterocycles. The van der Waals surface area contributed by atoms with E-state index in [4.69, 9.17) is 0 Å². The normalized spacial score (nSPS) is 23.1. The minimum absolute atomic E-state index is 0.216. The summed E-state index contributed by atoms with van der Waals surface area (Å²) in [6.45, 7) is 6.15. The zero-order valence-electron chi connectivity index (χ0n) is 11.3. The highest BCUT2D eigenvalue weighted by molar-refractivity contribution is 5.78. The molecule has 1 heterocycles. The van der Waals surface area contributed by atoms with E-state index in [0.29, 0.717) is 12.6 Å². The molecule has 2 aliphatic rings. The molecule has 18 heavy (non-hydrogen) atoms. The lowest BCUT2D eigenvalue weighted by Crippen LogP contribution is -2.54. The van der Waals surface area contributed by atoms with Gasteiger partial charge in [-0.25, -0.2) is 0 Å². The number of hydrogen-bond donors (Lipinski definition) is 2. The SMILES string of the molecule is CCC(CO)N1CCN(C(=O)CNC2CC2)CC1. The molecule has 1 atom stereocenters. The monoisotopic (exact) mass is 255 g/mol. The molecule has 1 saturated heterocycles. The maximum Gasteiger partial charge on any atom is 0.236 e. The average molecular weight is 255 g/mol. The highest BCUT2D eigenvalue weighted by Crippen LogP contribution is 2.18. The molecule has 2 fully saturated rings. The fraction of sp³-hybridized carbons (Fsp3) is 0.923.